The summed E-state index contributed by atoms with van der Waals surface area (Å²) in [5.41, 5.74) is -1.53. The Bertz CT molecular complexity index is 289. The molecule has 15 heavy (non-hydrogen) atoms. The third-order valence-electron chi connectivity index (χ3n) is 2.22. The summed E-state index contributed by atoms with van der Waals surface area (Å²) >= 11 is 0. The zero-order chi connectivity index (χ0) is 11.7. The Labute approximate surface area is 89.9 Å². The predicted molar refractivity (Wildman–Crippen MR) is 55.1 cm³/mol. The second-order valence-electron chi connectivity index (χ2n) is 4.57. The van der Waals surface area contributed by atoms with Gasteiger partial charge in [0, 0.05) is 6.42 Å². The fourth-order valence-corrected chi connectivity index (χ4v) is 1.84. The molecule has 1 heterocycles. The van der Waals surface area contributed by atoms with E-state index in [0.717, 1.165) is 0 Å². The van der Waals surface area contributed by atoms with Gasteiger partial charge < -0.3 is 14.6 Å². The van der Waals surface area contributed by atoms with Gasteiger partial charge in [-0.05, 0) is 27.7 Å². The molecule has 0 spiro atoms. The van der Waals surface area contributed by atoms with Gasteiger partial charge in [0.15, 0.2) is 0 Å². The zero-order valence-electron chi connectivity index (χ0n) is 9.66. The highest BCUT2D eigenvalue weighted by molar-refractivity contribution is 5.82. The van der Waals surface area contributed by atoms with Crippen molar-refractivity contribution in [3.8, 4) is 0 Å². The number of esters is 1. The van der Waals surface area contributed by atoms with Crippen LogP contribution in [0.15, 0.2) is 11.8 Å². The van der Waals surface area contributed by atoms with Gasteiger partial charge in [-0.2, -0.15) is 0 Å². The first-order valence-corrected chi connectivity index (χ1v) is 5.07. The molecular weight excluding hydrogens is 196 g/mol. The Morgan fingerprint density at radius 3 is 2.60 bits per heavy atom. The Balaban J connectivity index is 2.82. The molecule has 0 aromatic carbocycles. The SMILES string of the molecule is CCOC(=O)/C=C1\OC(C)(C)CC1(C)O. The standard InChI is InChI=1S/C11H18O4/c1-5-14-9(12)6-8-11(4,13)7-10(2,3)15-8/h6,13H,5,7H2,1-4H3/b8-6-. The molecule has 0 aromatic heterocycles. The maximum absolute atomic E-state index is 11.2. The summed E-state index contributed by atoms with van der Waals surface area (Å²) in [4.78, 5) is 11.2. The molecule has 1 saturated heterocycles. The molecule has 1 aliphatic rings. The lowest BCUT2D eigenvalue weighted by Gasteiger charge is -2.16. The molecule has 1 aliphatic heterocycles. The second kappa shape index (κ2) is 3.85. The topological polar surface area (TPSA) is 55.8 Å². The van der Waals surface area contributed by atoms with Gasteiger partial charge in [0.1, 0.15) is 17.0 Å². The van der Waals surface area contributed by atoms with Crippen LogP contribution in [0.1, 0.15) is 34.1 Å². The summed E-state index contributed by atoms with van der Waals surface area (Å²) in [6, 6.07) is 0. The molecule has 0 saturated carbocycles. The summed E-state index contributed by atoms with van der Waals surface area (Å²) in [7, 11) is 0. The van der Waals surface area contributed by atoms with Crippen LogP contribution in [0.3, 0.4) is 0 Å². The van der Waals surface area contributed by atoms with Crippen molar-refractivity contribution in [3.63, 3.8) is 0 Å². The molecule has 0 radical (unpaired) electrons. The van der Waals surface area contributed by atoms with Crippen molar-refractivity contribution in [2.75, 3.05) is 6.61 Å². The first-order valence-electron chi connectivity index (χ1n) is 5.07. The first-order chi connectivity index (χ1) is 6.77. The van der Waals surface area contributed by atoms with Gasteiger partial charge in [0.2, 0.25) is 0 Å². The van der Waals surface area contributed by atoms with E-state index in [1.807, 2.05) is 13.8 Å². The van der Waals surface area contributed by atoms with Crippen LogP contribution in [0.2, 0.25) is 0 Å². The first kappa shape index (κ1) is 12.0. The highest BCUT2D eigenvalue weighted by atomic mass is 16.5. The Morgan fingerprint density at radius 1 is 1.60 bits per heavy atom. The monoisotopic (exact) mass is 214 g/mol. The van der Waals surface area contributed by atoms with Gasteiger partial charge in [-0.1, -0.05) is 0 Å². The lowest BCUT2D eigenvalue weighted by molar-refractivity contribution is -0.137. The van der Waals surface area contributed by atoms with E-state index in [9.17, 15) is 9.90 Å². The van der Waals surface area contributed by atoms with Crippen molar-refractivity contribution in [2.24, 2.45) is 0 Å². The largest absolute Gasteiger partial charge is 0.489 e. The highest BCUT2D eigenvalue weighted by Gasteiger charge is 2.45. The van der Waals surface area contributed by atoms with Crippen LogP contribution in [0.4, 0.5) is 0 Å². The molecule has 1 fully saturated rings. The Morgan fingerprint density at radius 2 is 2.20 bits per heavy atom. The van der Waals surface area contributed by atoms with Crippen LogP contribution >= 0.6 is 0 Å². The van der Waals surface area contributed by atoms with Crippen LogP contribution in [-0.4, -0.2) is 28.9 Å². The lowest BCUT2D eigenvalue weighted by atomic mass is 9.94. The van der Waals surface area contributed by atoms with E-state index in [1.54, 1.807) is 13.8 Å². The van der Waals surface area contributed by atoms with Gasteiger partial charge >= 0.3 is 5.97 Å². The van der Waals surface area contributed by atoms with Crippen molar-refractivity contribution in [1.82, 2.24) is 0 Å². The van der Waals surface area contributed by atoms with Crippen molar-refractivity contribution in [2.45, 2.75) is 45.3 Å². The van der Waals surface area contributed by atoms with E-state index in [4.69, 9.17) is 9.47 Å². The third-order valence-corrected chi connectivity index (χ3v) is 2.22. The van der Waals surface area contributed by atoms with Crippen molar-refractivity contribution >= 4 is 5.97 Å². The molecule has 4 heteroatoms. The zero-order valence-corrected chi connectivity index (χ0v) is 9.66. The van der Waals surface area contributed by atoms with Crippen LogP contribution in [-0.2, 0) is 14.3 Å². The van der Waals surface area contributed by atoms with Crippen LogP contribution in [0, 0.1) is 0 Å². The van der Waals surface area contributed by atoms with E-state index in [1.165, 1.54) is 6.08 Å². The number of hydrogen-bond donors (Lipinski definition) is 1. The molecule has 0 aliphatic carbocycles. The van der Waals surface area contributed by atoms with Crippen molar-refractivity contribution < 1.29 is 19.4 Å². The third kappa shape index (κ3) is 2.96. The molecule has 86 valence electrons. The number of aliphatic hydroxyl groups is 1. The average Bonchev–Trinajstić information content (AvgIpc) is 2.19. The van der Waals surface area contributed by atoms with Gasteiger partial charge in [-0.3, -0.25) is 0 Å². The minimum absolute atomic E-state index is 0.283. The van der Waals surface area contributed by atoms with E-state index in [-0.39, 0.29) is 5.76 Å². The maximum atomic E-state index is 11.2. The van der Waals surface area contributed by atoms with Gasteiger partial charge in [-0.25, -0.2) is 4.79 Å². The van der Waals surface area contributed by atoms with Gasteiger partial charge in [0.05, 0.1) is 12.7 Å². The summed E-state index contributed by atoms with van der Waals surface area (Å²) in [6.07, 6.45) is 1.68. The minimum atomic E-state index is -1.09. The van der Waals surface area contributed by atoms with Gasteiger partial charge in [-0.15, -0.1) is 0 Å². The normalized spacial score (nSPS) is 31.4. The van der Waals surface area contributed by atoms with Crippen LogP contribution in [0.5, 0.6) is 0 Å². The Kier molecular flexibility index (Phi) is 3.09. The van der Waals surface area contributed by atoms with E-state index >= 15 is 0 Å². The van der Waals surface area contributed by atoms with Crippen LogP contribution in [0.25, 0.3) is 0 Å². The van der Waals surface area contributed by atoms with Gasteiger partial charge in [0.25, 0.3) is 0 Å². The molecule has 1 rings (SSSR count). The maximum Gasteiger partial charge on any atom is 0.334 e. The molecule has 4 nitrogen and oxygen atoms in total. The quantitative estimate of drug-likeness (QED) is 0.557. The molecule has 0 amide bonds. The summed E-state index contributed by atoms with van der Waals surface area (Å²) in [5, 5.41) is 10.0. The fraction of sp³-hybridized carbons (Fsp3) is 0.727. The molecule has 1 atom stereocenters. The summed E-state index contributed by atoms with van der Waals surface area (Å²) in [5.74, 6) is -0.198. The van der Waals surface area contributed by atoms with E-state index in [2.05, 4.69) is 0 Å². The van der Waals surface area contributed by atoms with E-state index < -0.39 is 17.2 Å². The number of carbonyl (C=O) groups excluding carboxylic acids is 1. The minimum Gasteiger partial charge on any atom is -0.489 e. The molecule has 1 N–H and O–H groups in total. The van der Waals surface area contributed by atoms with E-state index in [0.29, 0.717) is 13.0 Å². The van der Waals surface area contributed by atoms with Crippen molar-refractivity contribution in [1.29, 1.82) is 0 Å². The smallest absolute Gasteiger partial charge is 0.334 e. The summed E-state index contributed by atoms with van der Waals surface area (Å²) < 4.78 is 10.3. The predicted octanol–water partition coefficient (Wildman–Crippen LogP) is 1.38. The second-order valence-corrected chi connectivity index (χ2v) is 4.57. The number of hydrogen-bond acceptors (Lipinski definition) is 4. The number of carbonyl (C=O) groups is 1. The Hall–Kier alpha value is -1.03. The lowest BCUT2D eigenvalue weighted by Crippen LogP contribution is -2.25. The van der Waals surface area contributed by atoms with Crippen molar-refractivity contribution in [3.05, 3.63) is 11.8 Å². The fourth-order valence-electron chi connectivity index (χ4n) is 1.84. The molecule has 0 bridgehead atoms. The number of ether oxygens (including phenoxy) is 2. The number of rotatable bonds is 2. The highest BCUT2D eigenvalue weighted by Crippen LogP contribution is 2.40. The average molecular weight is 214 g/mol. The van der Waals surface area contributed by atoms with Crippen LogP contribution < -0.4 is 0 Å². The molecular formula is C11H18O4. The molecule has 0 aromatic rings. The molecule has 1 unspecified atom stereocenters. The summed E-state index contributed by atoms with van der Waals surface area (Å²) in [6.45, 7) is 7.41.